The lowest BCUT2D eigenvalue weighted by Gasteiger charge is -2.18. The molecule has 0 spiro atoms. The van der Waals surface area contributed by atoms with Crippen molar-refractivity contribution in [1.29, 1.82) is 0 Å². The quantitative estimate of drug-likeness (QED) is 0.795. The Balaban J connectivity index is 1.96. The van der Waals surface area contributed by atoms with Crippen molar-refractivity contribution >= 4 is 29.4 Å². The standard InChI is InChI=1S/C14H10N2OS/c17-14-13(8-10-4-3-7-15-9-10)18-12-6-2-1-5-11(12)16-14/h1-9H,(H,16,17). The van der Waals surface area contributed by atoms with Gasteiger partial charge in [0.1, 0.15) is 0 Å². The zero-order valence-electron chi connectivity index (χ0n) is 9.46. The van der Waals surface area contributed by atoms with Gasteiger partial charge in [-0.2, -0.15) is 0 Å². The van der Waals surface area contributed by atoms with Gasteiger partial charge in [-0.15, -0.1) is 0 Å². The number of nitrogens with zero attached hydrogens (tertiary/aromatic N) is 1. The van der Waals surface area contributed by atoms with Crippen molar-refractivity contribution in [1.82, 2.24) is 4.98 Å². The van der Waals surface area contributed by atoms with Crippen LogP contribution in [0.1, 0.15) is 5.56 Å². The first-order valence-corrected chi connectivity index (χ1v) is 6.34. The number of anilines is 1. The maximum absolute atomic E-state index is 11.9. The second-order valence-corrected chi connectivity index (χ2v) is 4.93. The van der Waals surface area contributed by atoms with E-state index in [0.29, 0.717) is 4.91 Å². The Morgan fingerprint density at radius 2 is 2.06 bits per heavy atom. The molecule has 3 rings (SSSR count). The molecule has 18 heavy (non-hydrogen) atoms. The second-order valence-electron chi connectivity index (χ2n) is 3.85. The molecule has 0 aliphatic carbocycles. The van der Waals surface area contributed by atoms with Gasteiger partial charge in [-0.1, -0.05) is 30.0 Å². The molecule has 0 saturated heterocycles. The van der Waals surface area contributed by atoms with Gasteiger partial charge in [-0.3, -0.25) is 9.78 Å². The first kappa shape index (κ1) is 11.0. The molecule has 88 valence electrons. The number of benzene rings is 1. The Labute approximate surface area is 109 Å². The van der Waals surface area contributed by atoms with Crippen LogP contribution in [0.15, 0.2) is 58.6 Å². The number of rotatable bonds is 1. The lowest BCUT2D eigenvalue weighted by atomic mass is 10.2. The van der Waals surface area contributed by atoms with Crippen molar-refractivity contribution in [2.45, 2.75) is 4.90 Å². The van der Waals surface area contributed by atoms with Gasteiger partial charge >= 0.3 is 0 Å². The van der Waals surface area contributed by atoms with Crippen molar-refractivity contribution in [3.8, 4) is 0 Å². The fraction of sp³-hybridized carbons (Fsp3) is 0. The first-order valence-electron chi connectivity index (χ1n) is 5.53. The Morgan fingerprint density at radius 3 is 2.89 bits per heavy atom. The molecule has 1 aromatic carbocycles. The molecule has 1 aliphatic heterocycles. The van der Waals surface area contributed by atoms with Crippen LogP contribution in [0.2, 0.25) is 0 Å². The fourth-order valence-corrected chi connectivity index (χ4v) is 2.67. The number of fused-ring (bicyclic) bond motifs is 1. The molecule has 1 N–H and O–H groups in total. The molecule has 0 bridgehead atoms. The van der Waals surface area contributed by atoms with Gasteiger partial charge in [-0.05, 0) is 29.8 Å². The fourth-order valence-electron chi connectivity index (χ4n) is 1.72. The van der Waals surface area contributed by atoms with Crippen LogP contribution in [0.25, 0.3) is 6.08 Å². The van der Waals surface area contributed by atoms with Crippen LogP contribution in [0, 0.1) is 0 Å². The molecule has 1 aliphatic rings. The monoisotopic (exact) mass is 254 g/mol. The molecule has 1 amide bonds. The normalized spacial score (nSPS) is 16.2. The van der Waals surface area contributed by atoms with E-state index in [4.69, 9.17) is 0 Å². The summed E-state index contributed by atoms with van der Waals surface area (Å²) in [5.74, 6) is -0.0671. The number of nitrogens with one attached hydrogen (secondary N) is 1. The summed E-state index contributed by atoms with van der Waals surface area (Å²) >= 11 is 1.48. The van der Waals surface area contributed by atoms with Crippen molar-refractivity contribution < 1.29 is 4.79 Å². The molecule has 0 atom stereocenters. The third-order valence-electron chi connectivity index (χ3n) is 2.56. The molecule has 2 aromatic rings. The summed E-state index contributed by atoms with van der Waals surface area (Å²) in [5, 5.41) is 2.88. The second kappa shape index (κ2) is 4.66. The minimum Gasteiger partial charge on any atom is -0.320 e. The Morgan fingerprint density at radius 1 is 1.17 bits per heavy atom. The van der Waals surface area contributed by atoms with Crippen LogP contribution in [-0.4, -0.2) is 10.9 Å². The Hall–Kier alpha value is -2.07. The van der Waals surface area contributed by atoms with E-state index in [0.717, 1.165) is 16.1 Å². The predicted molar refractivity (Wildman–Crippen MR) is 73.1 cm³/mol. The summed E-state index contributed by atoms with van der Waals surface area (Å²) in [6, 6.07) is 11.6. The Kier molecular flexibility index (Phi) is 2.86. The lowest BCUT2D eigenvalue weighted by Crippen LogP contribution is -2.17. The maximum atomic E-state index is 11.9. The molecular formula is C14H10N2OS. The average molecular weight is 254 g/mol. The number of amides is 1. The highest BCUT2D eigenvalue weighted by Gasteiger charge is 2.20. The third kappa shape index (κ3) is 2.15. The summed E-state index contributed by atoms with van der Waals surface area (Å²) in [6.07, 6.45) is 5.30. The van der Waals surface area contributed by atoms with Gasteiger partial charge in [0.15, 0.2) is 0 Å². The van der Waals surface area contributed by atoms with Gasteiger partial charge in [0, 0.05) is 17.3 Å². The highest BCUT2D eigenvalue weighted by Crippen LogP contribution is 2.38. The van der Waals surface area contributed by atoms with E-state index in [2.05, 4.69) is 10.3 Å². The van der Waals surface area contributed by atoms with Crippen molar-refractivity contribution in [3.63, 3.8) is 0 Å². The van der Waals surface area contributed by atoms with E-state index < -0.39 is 0 Å². The van der Waals surface area contributed by atoms with Crippen LogP contribution in [-0.2, 0) is 4.79 Å². The van der Waals surface area contributed by atoms with Crippen molar-refractivity contribution in [3.05, 3.63) is 59.3 Å². The van der Waals surface area contributed by atoms with E-state index in [1.54, 1.807) is 12.4 Å². The van der Waals surface area contributed by atoms with Gasteiger partial charge in [0.2, 0.25) is 0 Å². The predicted octanol–water partition coefficient (Wildman–Crippen LogP) is 3.17. The van der Waals surface area contributed by atoms with Gasteiger partial charge in [0.25, 0.3) is 5.91 Å². The molecule has 2 heterocycles. The van der Waals surface area contributed by atoms with Crippen LogP contribution in [0.5, 0.6) is 0 Å². The smallest absolute Gasteiger partial charge is 0.262 e. The van der Waals surface area contributed by atoms with Gasteiger partial charge in [0.05, 0.1) is 10.6 Å². The average Bonchev–Trinajstić information content (AvgIpc) is 2.41. The zero-order valence-corrected chi connectivity index (χ0v) is 10.3. The van der Waals surface area contributed by atoms with Crippen molar-refractivity contribution in [2.75, 3.05) is 5.32 Å². The van der Waals surface area contributed by atoms with E-state index >= 15 is 0 Å². The SMILES string of the molecule is O=C1Nc2ccccc2SC1=Cc1cccnc1. The van der Waals surface area contributed by atoms with Crippen LogP contribution < -0.4 is 5.32 Å². The van der Waals surface area contributed by atoms with Gasteiger partial charge in [-0.25, -0.2) is 0 Å². The van der Waals surface area contributed by atoms with E-state index in [9.17, 15) is 4.79 Å². The molecule has 0 radical (unpaired) electrons. The van der Waals surface area contributed by atoms with Crippen molar-refractivity contribution in [2.24, 2.45) is 0 Å². The molecule has 4 heteroatoms. The number of carbonyl (C=O) groups is 1. The summed E-state index contributed by atoms with van der Waals surface area (Å²) < 4.78 is 0. The minimum atomic E-state index is -0.0671. The number of carbonyl (C=O) groups excluding carboxylic acids is 1. The number of hydrogen-bond donors (Lipinski definition) is 1. The molecule has 1 aromatic heterocycles. The maximum Gasteiger partial charge on any atom is 0.262 e. The summed E-state index contributed by atoms with van der Waals surface area (Å²) in [7, 11) is 0. The van der Waals surface area contributed by atoms with Crippen LogP contribution >= 0.6 is 11.8 Å². The summed E-state index contributed by atoms with van der Waals surface area (Å²) in [6.45, 7) is 0. The first-order chi connectivity index (χ1) is 8.83. The minimum absolute atomic E-state index is 0.0671. The lowest BCUT2D eigenvalue weighted by molar-refractivity contribution is -0.112. The highest BCUT2D eigenvalue weighted by molar-refractivity contribution is 8.04. The van der Waals surface area contributed by atoms with E-state index in [1.165, 1.54) is 11.8 Å². The molecule has 3 nitrogen and oxygen atoms in total. The van der Waals surface area contributed by atoms with E-state index in [1.807, 2.05) is 42.5 Å². The van der Waals surface area contributed by atoms with Crippen LogP contribution in [0.4, 0.5) is 5.69 Å². The molecular weight excluding hydrogens is 244 g/mol. The number of pyridine rings is 1. The summed E-state index contributed by atoms with van der Waals surface area (Å²) in [5.41, 5.74) is 1.80. The Bertz CT molecular complexity index is 623. The van der Waals surface area contributed by atoms with E-state index in [-0.39, 0.29) is 5.91 Å². The van der Waals surface area contributed by atoms with Gasteiger partial charge < -0.3 is 5.32 Å². The highest BCUT2D eigenvalue weighted by atomic mass is 32.2. The summed E-state index contributed by atoms with van der Waals surface area (Å²) in [4.78, 5) is 17.7. The number of hydrogen-bond acceptors (Lipinski definition) is 3. The zero-order chi connectivity index (χ0) is 12.4. The molecule has 0 saturated carbocycles. The van der Waals surface area contributed by atoms with Crippen LogP contribution in [0.3, 0.4) is 0 Å². The molecule has 0 unspecified atom stereocenters. The largest absolute Gasteiger partial charge is 0.320 e. The topological polar surface area (TPSA) is 42.0 Å². The number of thioether (sulfide) groups is 1. The number of para-hydroxylation sites is 1. The number of aromatic nitrogens is 1. The third-order valence-corrected chi connectivity index (χ3v) is 3.66. The molecule has 0 fully saturated rings.